The van der Waals surface area contributed by atoms with Gasteiger partial charge < -0.3 is 29.9 Å². The summed E-state index contributed by atoms with van der Waals surface area (Å²) in [6, 6.07) is 4.18. The molecule has 242 valence electrons. The Balaban J connectivity index is 1.75. The molecule has 3 rings (SSSR count). The topological polar surface area (TPSA) is 134 Å². The number of carbonyl (C=O) groups excluding carboxylic acids is 5. The minimum absolute atomic E-state index is 0.160. The van der Waals surface area contributed by atoms with E-state index in [9.17, 15) is 32.8 Å². The Bertz CT molecular complexity index is 1270. The SMILES string of the molecule is CC(=O)O/C(=C(/NC(=O)[C@@H]1CCCN1C(=O)[C@@H](NC(=O)c1ccc(C(=O)N2CCOCC2)cc1)C(C)C)C(C)C)C(C)(F)F. The summed E-state index contributed by atoms with van der Waals surface area (Å²) < 4.78 is 38.8. The van der Waals surface area contributed by atoms with Crippen LogP contribution < -0.4 is 10.6 Å². The number of rotatable bonds is 10. The Labute approximate surface area is 256 Å². The number of hydrogen-bond donors (Lipinski definition) is 2. The van der Waals surface area contributed by atoms with Crippen molar-refractivity contribution >= 4 is 29.6 Å². The quantitative estimate of drug-likeness (QED) is 0.303. The lowest BCUT2D eigenvalue weighted by Crippen LogP contribution is -2.55. The molecule has 2 saturated heterocycles. The van der Waals surface area contributed by atoms with Gasteiger partial charge in [0.15, 0.2) is 5.76 Å². The van der Waals surface area contributed by atoms with Crippen LogP contribution in [-0.2, 0) is 23.9 Å². The largest absolute Gasteiger partial charge is 0.423 e. The average Bonchev–Trinajstić information content (AvgIpc) is 3.46. The average molecular weight is 621 g/mol. The standard InChI is InChI=1S/C31H42F2N4O7/c1-18(2)24(26(31(6,32)33)44-20(5)38)34-28(40)23-8-7-13-37(23)30(42)25(19(3)4)35-27(39)21-9-11-22(12-10-21)29(41)36-14-16-43-17-15-36/h9-12,18-19,23,25H,7-8,13-17H2,1-6H3,(H,34,40)(H,35,39)/b26-24+/t23-,25-/m0/s1. The van der Waals surface area contributed by atoms with E-state index in [1.54, 1.807) is 44.7 Å². The molecule has 0 radical (unpaired) electrons. The maximum atomic E-state index is 14.4. The molecular weight excluding hydrogens is 578 g/mol. The van der Waals surface area contributed by atoms with Crippen molar-refractivity contribution in [1.29, 1.82) is 0 Å². The molecule has 11 nitrogen and oxygen atoms in total. The lowest BCUT2D eigenvalue weighted by atomic mass is 10.0. The van der Waals surface area contributed by atoms with Gasteiger partial charge in [0.1, 0.15) is 12.1 Å². The zero-order chi connectivity index (χ0) is 32.8. The molecule has 2 heterocycles. The highest BCUT2D eigenvalue weighted by Gasteiger charge is 2.41. The number of benzene rings is 1. The summed E-state index contributed by atoms with van der Waals surface area (Å²) in [6.07, 6.45) is 0.772. The summed E-state index contributed by atoms with van der Waals surface area (Å²) in [5, 5.41) is 5.25. The molecule has 0 bridgehead atoms. The molecule has 2 aliphatic heterocycles. The number of allylic oxidation sites excluding steroid dienone is 2. The van der Waals surface area contributed by atoms with Gasteiger partial charge in [-0.3, -0.25) is 24.0 Å². The van der Waals surface area contributed by atoms with E-state index < -0.39 is 53.4 Å². The van der Waals surface area contributed by atoms with E-state index in [2.05, 4.69) is 10.6 Å². The molecule has 0 aliphatic carbocycles. The highest BCUT2D eigenvalue weighted by atomic mass is 19.3. The molecule has 0 aromatic heterocycles. The Kier molecular flexibility index (Phi) is 11.6. The molecule has 2 fully saturated rings. The fraction of sp³-hybridized carbons (Fsp3) is 0.581. The number of morpholine rings is 1. The van der Waals surface area contributed by atoms with Crippen molar-refractivity contribution in [3.63, 3.8) is 0 Å². The summed E-state index contributed by atoms with van der Waals surface area (Å²) >= 11 is 0. The number of nitrogens with one attached hydrogen (secondary N) is 2. The number of hydrogen-bond acceptors (Lipinski definition) is 7. The van der Waals surface area contributed by atoms with Crippen LogP contribution in [0.2, 0.25) is 0 Å². The van der Waals surface area contributed by atoms with Gasteiger partial charge in [0.25, 0.3) is 11.8 Å². The molecule has 2 aliphatic rings. The van der Waals surface area contributed by atoms with Gasteiger partial charge in [0.2, 0.25) is 11.8 Å². The smallest absolute Gasteiger partial charge is 0.307 e. The Morgan fingerprint density at radius 2 is 1.57 bits per heavy atom. The van der Waals surface area contributed by atoms with E-state index in [-0.39, 0.29) is 36.1 Å². The molecule has 4 amide bonds. The van der Waals surface area contributed by atoms with Crippen molar-refractivity contribution in [3.8, 4) is 0 Å². The van der Waals surface area contributed by atoms with Crippen molar-refractivity contribution in [2.75, 3.05) is 32.8 Å². The van der Waals surface area contributed by atoms with Gasteiger partial charge in [0, 0.05) is 44.6 Å². The predicted octanol–water partition coefficient (Wildman–Crippen LogP) is 3.11. The van der Waals surface area contributed by atoms with Crippen LogP contribution >= 0.6 is 0 Å². The first-order chi connectivity index (χ1) is 20.6. The molecular formula is C31H42F2N4O7. The summed E-state index contributed by atoms with van der Waals surface area (Å²) in [5.41, 5.74) is 0.433. The number of likely N-dealkylation sites (tertiary alicyclic amines) is 1. The first kappa shape index (κ1) is 34.6. The number of halogens is 2. The third-order valence-electron chi connectivity index (χ3n) is 7.47. The fourth-order valence-electron chi connectivity index (χ4n) is 5.14. The van der Waals surface area contributed by atoms with Gasteiger partial charge in [-0.25, -0.2) is 0 Å². The van der Waals surface area contributed by atoms with Gasteiger partial charge in [-0.1, -0.05) is 27.7 Å². The second kappa shape index (κ2) is 14.7. The van der Waals surface area contributed by atoms with Crippen molar-refractivity contribution in [2.24, 2.45) is 11.8 Å². The minimum atomic E-state index is -3.55. The third-order valence-corrected chi connectivity index (χ3v) is 7.47. The lowest BCUT2D eigenvalue weighted by molar-refractivity contribution is -0.142. The highest BCUT2D eigenvalue weighted by Crippen LogP contribution is 2.30. The van der Waals surface area contributed by atoms with Gasteiger partial charge in [-0.15, -0.1) is 0 Å². The van der Waals surface area contributed by atoms with Crippen LogP contribution in [0.5, 0.6) is 0 Å². The van der Waals surface area contributed by atoms with Crippen molar-refractivity contribution < 1.29 is 42.2 Å². The van der Waals surface area contributed by atoms with Crippen LogP contribution in [-0.4, -0.2) is 90.3 Å². The van der Waals surface area contributed by atoms with E-state index in [0.717, 1.165) is 6.92 Å². The van der Waals surface area contributed by atoms with Crippen LogP contribution in [0.15, 0.2) is 35.7 Å². The van der Waals surface area contributed by atoms with E-state index in [1.165, 1.54) is 17.0 Å². The second-order valence-electron chi connectivity index (χ2n) is 11.7. The van der Waals surface area contributed by atoms with Crippen LogP contribution in [0, 0.1) is 11.8 Å². The van der Waals surface area contributed by atoms with E-state index >= 15 is 0 Å². The predicted molar refractivity (Wildman–Crippen MR) is 156 cm³/mol. The van der Waals surface area contributed by atoms with Crippen molar-refractivity contribution in [3.05, 3.63) is 46.8 Å². The molecule has 0 spiro atoms. The number of carbonyl (C=O) groups is 5. The maximum Gasteiger partial charge on any atom is 0.307 e. The normalized spacial score (nSPS) is 18.5. The minimum Gasteiger partial charge on any atom is -0.423 e. The zero-order valence-electron chi connectivity index (χ0n) is 26.1. The Morgan fingerprint density at radius 1 is 0.977 bits per heavy atom. The first-order valence-corrected chi connectivity index (χ1v) is 14.8. The van der Waals surface area contributed by atoms with Gasteiger partial charge in [-0.05, 0) is 48.9 Å². The van der Waals surface area contributed by atoms with Crippen LogP contribution in [0.1, 0.15) is 75.1 Å². The summed E-state index contributed by atoms with van der Waals surface area (Å²) in [4.78, 5) is 67.6. The first-order valence-electron chi connectivity index (χ1n) is 14.8. The maximum absolute atomic E-state index is 14.4. The van der Waals surface area contributed by atoms with E-state index in [4.69, 9.17) is 9.47 Å². The molecule has 1 aromatic carbocycles. The van der Waals surface area contributed by atoms with Gasteiger partial charge in [-0.2, -0.15) is 8.78 Å². The van der Waals surface area contributed by atoms with Crippen LogP contribution in [0.3, 0.4) is 0 Å². The number of alkyl halides is 2. The summed E-state index contributed by atoms with van der Waals surface area (Å²) in [6.45, 7) is 10.3. The zero-order valence-corrected chi connectivity index (χ0v) is 26.1. The number of nitrogens with zero attached hydrogens (tertiary/aromatic N) is 2. The molecule has 2 atom stereocenters. The number of amides is 4. The Hall–Kier alpha value is -3.87. The molecule has 0 saturated carbocycles. The highest BCUT2D eigenvalue weighted by molar-refractivity contribution is 6.00. The fourth-order valence-corrected chi connectivity index (χ4v) is 5.14. The van der Waals surface area contributed by atoms with E-state index in [0.29, 0.717) is 45.2 Å². The third kappa shape index (κ3) is 8.61. The number of esters is 1. The summed E-state index contributed by atoms with van der Waals surface area (Å²) in [7, 11) is 0. The van der Waals surface area contributed by atoms with Crippen molar-refractivity contribution in [2.45, 2.75) is 72.4 Å². The van der Waals surface area contributed by atoms with Gasteiger partial charge in [0.05, 0.1) is 18.9 Å². The lowest BCUT2D eigenvalue weighted by Gasteiger charge is -2.31. The van der Waals surface area contributed by atoms with Crippen LogP contribution in [0.25, 0.3) is 0 Å². The van der Waals surface area contributed by atoms with Gasteiger partial charge >= 0.3 is 11.9 Å². The second-order valence-corrected chi connectivity index (χ2v) is 11.7. The number of ether oxygens (including phenoxy) is 2. The monoisotopic (exact) mass is 620 g/mol. The Morgan fingerprint density at radius 3 is 2.09 bits per heavy atom. The molecule has 0 unspecified atom stereocenters. The molecule has 44 heavy (non-hydrogen) atoms. The van der Waals surface area contributed by atoms with E-state index in [1.807, 2.05) is 0 Å². The van der Waals surface area contributed by atoms with Crippen molar-refractivity contribution in [1.82, 2.24) is 20.4 Å². The molecule has 13 heteroatoms. The summed E-state index contributed by atoms with van der Waals surface area (Å²) in [5.74, 6) is -8.30. The molecule has 1 aromatic rings. The molecule has 2 N–H and O–H groups in total. The van der Waals surface area contributed by atoms with Crippen LogP contribution in [0.4, 0.5) is 8.78 Å².